The molecule has 0 bridgehead atoms. The normalized spacial score (nSPS) is 11.5. The van der Waals surface area contributed by atoms with Gasteiger partial charge in [0.25, 0.3) is 0 Å². The first-order chi connectivity index (χ1) is 14.8. The van der Waals surface area contributed by atoms with Gasteiger partial charge in [-0.25, -0.2) is 0 Å². The third-order valence-electron chi connectivity index (χ3n) is 5.85. The monoisotopic (exact) mass is 400 g/mol. The second kappa shape index (κ2) is 7.12. The zero-order chi connectivity index (χ0) is 19.9. The molecule has 1 heteroatoms. The number of hydrogen-bond donors (Lipinski definition) is 0. The lowest BCUT2D eigenvalue weighted by molar-refractivity contribution is 1.19. The first-order valence-electron chi connectivity index (χ1n) is 10.3. The van der Waals surface area contributed by atoms with Crippen LogP contribution in [0.3, 0.4) is 0 Å². The third-order valence-corrected chi connectivity index (χ3v) is 6.97. The van der Waals surface area contributed by atoms with Gasteiger partial charge in [-0.05, 0) is 57.6 Å². The van der Waals surface area contributed by atoms with Crippen LogP contribution in [0.25, 0.3) is 42.1 Å². The minimum atomic E-state index is 0.958. The van der Waals surface area contributed by atoms with E-state index in [0.717, 1.165) is 6.42 Å². The zero-order valence-corrected chi connectivity index (χ0v) is 17.3. The Morgan fingerprint density at radius 1 is 0.533 bits per heavy atom. The quantitative estimate of drug-likeness (QED) is 0.279. The van der Waals surface area contributed by atoms with Crippen LogP contribution in [0.1, 0.15) is 11.1 Å². The van der Waals surface area contributed by atoms with Gasteiger partial charge in [0.05, 0.1) is 0 Å². The van der Waals surface area contributed by atoms with Gasteiger partial charge < -0.3 is 0 Å². The van der Waals surface area contributed by atoms with Crippen LogP contribution in [-0.2, 0) is 6.42 Å². The highest BCUT2D eigenvalue weighted by Gasteiger charge is 2.12. The Hall–Kier alpha value is -3.42. The smallest absolute Gasteiger partial charge is 0.0362 e. The summed E-state index contributed by atoms with van der Waals surface area (Å²) in [7, 11) is 0. The van der Waals surface area contributed by atoms with Crippen molar-refractivity contribution in [1.82, 2.24) is 0 Å². The van der Waals surface area contributed by atoms with Crippen LogP contribution < -0.4 is 0 Å². The Morgan fingerprint density at radius 2 is 1.27 bits per heavy atom. The fraction of sp³-hybridized carbons (Fsp3) is 0.0345. The average molecular weight is 401 g/mol. The number of rotatable bonds is 3. The van der Waals surface area contributed by atoms with Gasteiger partial charge in [-0.3, -0.25) is 0 Å². The SMILES string of the molecule is c1ccc(Cc2cccc(-c3cccc4sc5cc6ccccc6cc5c34)c2)cc1. The van der Waals surface area contributed by atoms with Crippen LogP contribution in [0.4, 0.5) is 0 Å². The Labute approximate surface area is 180 Å². The lowest BCUT2D eigenvalue weighted by atomic mass is 9.95. The lowest BCUT2D eigenvalue weighted by Crippen LogP contribution is -1.89. The van der Waals surface area contributed by atoms with Gasteiger partial charge in [0.2, 0.25) is 0 Å². The molecule has 1 aromatic heterocycles. The molecule has 0 spiro atoms. The molecule has 0 N–H and O–H groups in total. The van der Waals surface area contributed by atoms with Gasteiger partial charge in [0, 0.05) is 20.2 Å². The third kappa shape index (κ3) is 2.99. The summed E-state index contributed by atoms with van der Waals surface area (Å²) in [6.45, 7) is 0. The van der Waals surface area contributed by atoms with E-state index in [1.54, 1.807) is 0 Å². The summed E-state index contributed by atoms with van der Waals surface area (Å²) in [5.74, 6) is 0. The van der Waals surface area contributed by atoms with E-state index in [2.05, 4.69) is 109 Å². The van der Waals surface area contributed by atoms with E-state index in [0.29, 0.717) is 0 Å². The molecular formula is C29H20S. The Kier molecular flexibility index (Phi) is 4.14. The van der Waals surface area contributed by atoms with Crippen LogP contribution in [-0.4, -0.2) is 0 Å². The average Bonchev–Trinajstić information content (AvgIpc) is 3.16. The fourth-order valence-corrected chi connectivity index (χ4v) is 5.59. The minimum absolute atomic E-state index is 0.958. The molecule has 30 heavy (non-hydrogen) atoms. The second-order valence-electron chi connectivity index (χ2n) is 7.84. The molecule has 0 unspecified atom stereocenters. The molecule has 142 valence electrons. The summed E-state index contributed by atoms with van der Waals surface area (Å²) < 4.78 is 2.71. The van der Waals surface area contributed by atoms with E-state index in [1.807, 2.05) is 11.3 Å². The van der Waals surface area contributed by atoms with Crippen molar-refractivity contribution < 1.29 is 0 Å². The van der Waals surface area contributed by atoms with Gasteiger partial charge in [-0.2, -0.15) is 0 Å². The molecule has 1 heterocycles. The van der Waals surface area contributed by atoms with E-state index in [4.69, 9.17) is 0 Å². The van der Waals surface area contributed by atoms with Crippen molar-refractivity contribution in [2.75, 3.05) is 0 Å². The number of thiophene rings is 1. The summed E-state index contributed by atoms with van der Waals surface area (Å²) in [6.07, 6.45) is 0.958. The standard InChI is InChI=1S/C29H20S/c1-2-8-20(9-3-1)16-21-10-6-13-24(17-21)25-14-7-15-27-29(25)26-18-22-11-4-5-12-23(22)19-28(26)30-27/h1-15,17-19H,16H2. The van der Waals surface area contributed by atoms with Crippen LogP contribution in [0, 0.1) is 0 Å². The molecule has 0 nitrogen and oxygen atoms in total. The summed E-state index contributed by atoms with van der Waals surface area (Å²) in [5, 5.41) is 5.35. The second-order valence-corrected chi connectivity index (χ2v) is 8.92. The van der Waals surface area contributed by atoms with Crippen molar-refractivity contribution in [2.45, 2.75) is 6.42 Å². The van der Waals surface area contributed by atoms with Crippen molar-refractivity contribution in [1.29, 1.82) is 0 Å². The lowest BCUT2D eigenvalue weighted by Gasteiger charge is -2.08. The van der Waals surface area contributed by atoms with Gasteiger partial charge in [0.1, 0.15) is 0 Å². The molecule has 6 aromatic rings. The van der Waals surface area contributed by atoms with Gasteiger partial charge >= 0.3 is 0 Å². The Balaban J connectivity index is 1.54. The van der Waals surface area contributed by atoms with Gasteiger partial charge in [0.15, 0.2) is 0 Å². The van der Waals surface area contributed by atoms with Crippen molar-refractivity contribution >= 4 is 42.3 Å². The first-order valence-corrected chi connectivity index (χ1v) is 11.1. The van der Waals surface area contributed by atoms with E-state index >= 15 is 0 Å². The van der Waals surface area contributed by atoms with Crippen molar-refractivity contribution in [3.05, 3.63) is 120 Å². The largest absolute Gasteiger partial charge is 0.135 e. The maximum Gasteiger partial charge on any atom is 0.0362 e. The predicted octanol–water partition coefficient (Wildman–Crippen LogP) is 8.47. The molecule has 0 aliphatic heterocycles. The summed E-state index contributed by atoms with van der Waals surface area (Å²) >= 11 is 1.89. The minimum Gasteiger partial charge on any atom is -0.135 e. The van der Waals surface area contributed by atoms with Crippen molar-refractivity contribution in [3.63, 3.8) is 0 Å². The maximum atomic E-state index is 2.36. The van der Waals surface area contributed by atoms with E-state index in [-0.39, 0.29) is 0 Å². The molecule has 0 amide bonds. The van der Waals surface area contributed by atoms with Crippen molar-refractivity contribution in [2.24, 2.45) is 0 Å². The van der Waals surface area contributed by atoms with Crippen LogP contribution >= 0.6 is 11.3 Å². The zero-order valence-electron chi connectivity index (χ0n) is 16.5. The maximum absolute atomic E-state index is 2.36. The van der Waals surface area contributed by atoms with Gasteiger partial charge in [-0.15, -0.1) is 11.3 Å². The highest BCUT2D eigenvalue weighted by molar-refractivity contribution is 7.26. The van der Waals surface area contributed by atoms with Gasteiger partial charge in [-0.1, -0.05) is 91.0 Å². The van der Waals surface area contributed by atoms with E-state index in [9.17, 15) is 0 Å². The van der Waals surface area contributed by atoms with Crippen LogP contribution in [0.5, 0.6) is 0 Å². The number of fused-ring (bicyclic) bond motifs is 4. The molecule has 0 saturated carbocycles. The number of hydrogen-bond acceptors (Lipinski definition) is 1. The van der Waals surface area contributed by atoms with E-state index < -0.39 is 0 Å². The molecule has 6 rings (SSSR count). The molecule has 0 aliphatic carbocycles. The summed E-state index contributed by atoms with van der Waals surface area (Å²) in [6, 6.07) is 39.8. The fourth-order valence-electron chi connectivity index (χ4n) is 4.43. The Morgan fingerprint density at radius 3 is 2.13 bits per heavy atom. The van der Waals surface area contributed by atoms with Crippen LogP contribution in [0.2, 0.25) is 0 Å². The molecule has 0 saturated heterocycles. The molecule has 0 fully saturated rings. The number of benzene rings is 5. The Bertz CT molecular complexity index is 1510. The molecule has 5 aromatic carbocycles. The molecule has 0 aliphatic rings. The highest BCUT2D eigenvalue weighted by Crippen LogP contribution is 2.41. The predicted molar refractivity (Wildman–Crippen MR) is 132 cm³/mol. The summed E-state index contributed by atoms with van der Waals surface area (Å²) in [4.78, 5) is 0. The molecule has 0 radical (unpaired) electrons. The molecule has 0 atom stereocenters. The molecular weight excluding hydrogens is 380 g/mol. The van der Waals surface area contributed by atoms with Crippen LogP contribution in [0.15, 0.2) is 109 Å². The van der Waals surface area contributed by atoms with E-state index in [1.165, 1.54) is 53.2 Å². The first kappa shape index (κ1) is 17.4. The topological polar surface area (TPSA) is 0 Å². The van der Waals surface area contributed by atoms with Crippen molar-refractivity contribution in [3.8, 4) is 11.1 Å². The summed E-state index contributed by atoms with van der Waals surface area (Å²) in [5.41, 5.74) is 5.31. The highest BCUT2D eigenvalue weighted by atomic mass is 32.1.